The molecule has 0 amide bonds. The summed E-state index contributed by atoms with van der Waals surface area (Å²) in [6.45, 7) is 2.69. The fraction of sp³-hybridized carbons (Fsp3) is 0.412. The Morgan fingerprint density at radius 2 is 1.81 bits per heavy atom. The predicted octanol–water partition coefficient (Wildman–Crippen LogP) is 1.18. The molecule has 10 nitrogen and oxygen atoms in total. The Bertz CT molecular complexity index is 795. The molecule has 2 heterocycles. The molecule has 27 heavy (non-hydrogen) atoms. The van der Waals surface area contributed by atoms with Crippen molar-refractivity contribution >= 4 is 18.1 Å². The first-order chi connectivity index (χ1) is 13.2. The van der Waals surface area contributed by atoms with Crippen LogP contribution in [0, 0.1) is 0 Å². The highest BCUT2D eigenvalue weighted by atomic mass is 16.5. The Morgan fingerprint density at radius 1 is 1.04 bits per heavy atom. The Balaban J connectivity index is 1.74. The lowest BCUT2D eigenvalue weighted by molar-refractivity contribution is 0.122. The van der Waals surface area contributed by atoms with Gasteiger partial charge in [-0.2, -0.15) is 20.1 Å². The summed E-state index contributed by atoms with van der Waals surface area (Å²) in [5.41, 5.74) is 3.64. The average molecular weight is 374 g/mol. The van der Waals surface area contributed by atoms with E-state index in [2.05, 4.69) is 25.5 Å². The maximum atomic E-state index is 5.35. The molecule has 0 bridgehead atoms. The van der Waals surface area contributed by atoms with Gasteiger partial charge in [-0.15, -0.1) is 0 Å². The molecule has 0 saturated carbocycles. The van der Waals surface area contributed by atoms with Crippen LogP contribution in [0.15, 0.2) is 23.3 Å². The van der Waals surface area contributed by atoms with Gasteiger partial charge in [0.1, 0.15) is 0 Å². The molecular formula is C17H22N6O4. The van der Waals surface area contributed by atoms with Crippen molar-refractivity contribution in [3.63, 3.8) is 0 Å². The van der Waals surface area contributed by atoms with Crippen LogP contribution in [0.25, 0.3) is 0 Å². The Labute approximate surface area is 157 Å². The number of hydrogen-bond donors (Lipinski definition) is 1. The minimum Gasteiger partial charge on any atom is -0.493 e. The summed E-state index contributed by atoms with van der Waals surface area (Å²) in [6.07, 6.45) is 1.63. The highest BCUT2D eigenvalue weighted by Gasteiger charge is 2.16. The van der Waals surface area contributed by atoms with Gasteiger partial charge in [0.25, 0.3) is 5.95 Å². The van der Waals surface area contributed by atoms with Gasteiger partial charge in [0, 0.05) is 13.1 Å². The van der Waals surface area contributed by atoms with Crippen LogP contribution in [0.2, 0.25) is 0 Å². The van der Waals surface area contributed by atoms with Gasteiger partial charge in [-0.1, -0.05) is 0 Å². The monoisotopic (exact) mass is 374 g/mol. The van der Waals surface area contributed by atoms with E-state index in [-0.39, 0.29) is 6.01 Å². The van der Waals surface area contributed by atoms with Gasteiger partial charge in [-0.3, -0.25) is 0 Å². The van der Waals surface area contributed by atoms with Gasteiger partial charge in [0.15, 0.2) is 11.5 Å². The number of nitrogens with zero attached hydrogens (tertiary/aromatic N) is 5. The largest absolute Gasteiger partial charge is 0.493 e. The quantitative estimate of drug-likeness (QED) is 0.565. The van der Waals surface area contributed by atoms with Crippen LogP contribution in [0.4, 0.5) is 11.9 Å². The van der Waals surface area contributed by atoms with E-state index < -0.39 is 0 Å². The van der Waals surface area contributed by atoms with Crippen molar-refractivity contribution in [2.24, 2.45) is 5.10 Å². The van der Waals surface area contributed by atoms with Crippen molar-refractivity contribution in [1.82, 2.24) is 15.0 Å². The maximum absolute atomic E-state index is 5.35. The lowest BCUT2D eigenvalue weighted by Gasteiger charge is -2.26. The van der Waals surface area contributed by atoms with Crippen molar-refractivity contribution in [2.45, 2.75) is 0 Å². The molecule has 0 atom stereocenters. The summed E-state index contributed by atoms with van der Waals surface area (Å²) in [7, 11) is 4.68. The third kappa shape index (κ3) is 4.73. The SMILES string of the molecule is COc1nc(N/N=C/c2ccc(OC)c(OC)c2)nc(N2CCOCC2)n1. The second-order valence-corrected chi connectivity index (χ2v) is 5.53. The number of methoxy groups -OCH3 is 3. The third-order valence-corrected chi connectivity index (χ3v) is 3.87. The lowest BCUT2D eigenvalue weighted by Crippen LogP contribution is -2.37. The van der Waals surface area contributed by atoms with Crippen LogP contribution >= 0.6 is 0 Å². The summed E-state index contributed by atoms with van der Waals surface area (Å²) < 4.78 is 21.0. The molecule has 0 unspecified atom stereocenters. The molecule has 1 fully saturated rings. The summed E-state index contributed by atoms with van der Waals surface area (Å²) in [5, 5.41) is 4.18. The number of hydrogen-bond acceptors (Lipinski definition) is 10. The molecule has 144 valence electrons. The molecule has 0 radical (unpaired) electrons. The van der Waals surface area contributed by atoms with Crippen molar-refractivity contribution in [1.29, 1.82) is 0 Å². The van der Waals surface area contributed by atoms with E-state index in [0.717, 1.165) is 5.56 Å². The second-order valence-electron chi connectivity index (χ2n) is 5.53. The summed E-state index contributed by atoms with van der Waals surface area (Å²) in [5.74, 6) is 2.09. The number of aromatic nitrogens is 3. The number of morpholine rings is 1. The smallest absolute Gasteiger partial charge is 0.322 e. The van der Waals surface area contributed by atoms with Crippen LogP contribution in [-0.4, -0.2) is 68.8 Å². The Morgan fingerprint density at radius 3 is 2.52 bits per heavy atom. The van der Waals surface area contributed by atoms with Crippen LogP contribution in [-0.2, 0) is 4.74 Å². The fourth-order valence-electron chi connectivity index (χ4n) is 2.49. The number of ether oxygens (including phenoxy) is 4. The first-order valence-corrected chi connectivity index (χ1v) is 8.37. The molecule has 0 aliphatic carbocycles. The van der Waals surface area contributed by atoms with Crippen molar-refractivity contribution in [3.8, 4) is 17.5 Å². The zero-order valence-electron chi connectivity index (χ0n) is 15.5. The molecule has 3 rings (SSSR count). The number of rotatable bonds is 7. The summed E-state index contributed by atoms with van der Waals surface area (Å²) in [6, 6.07) is 5.70. The van der Waals surface area contributed by atoms with E-state index in [1.807, 2.05) is 23.1 Å². The Hall–Kier alpha value is -3.14. The van der Waals surface area contributed by atoms with Gasteiger partial charge in [0.2, 0.25) is 5.95 Å². The number of anilines is 2. The molecule has 2 aromatic rings. The van der Waals surface area contributed by atoms with Crippen LogP contribution in [0.5, 0.6) is 17.5 Å². The van der Waals surface area contributed by atoms with E-state index in [4.69, 9.17) is 18.9 Å². The highest BCUT2D eigenvalue weighted by Crippen LogP contribution is 2.26. The summed E-state index contributed by atoms with van der Waals surface area (Å²) >= 11 is 0. The molecule has 0 spiro atoms. The van der Waals surface area contributed by atoms with Gasteiger partial charge >= 0.3 is 6.01 Å². The van der Waals surface area contributed by atoms with Gasteiger partial charge in [-0.25, -0.2) is 5.43 Å². The molecule has 1 aliphatic heterocycles. The van der Waals surface area contributed by atoms with Crippen LogP contribution < -0.4 is 24.5 Å². The fourth-order valence-corrected chi connectivity index (χ4v) is 2.49. The van der Waals surface area contributed by atoms with E-state index >= 15 is 0 Å². The minimum atomic E-state index is 0.218. The van der Waals surface area contributed by atoms with E-state index in [1.54, 1.807) is 20.4 Å². The van der Waals surface area contributed by atoms with Gasteiger partial charge in [-0.05, 0) is 23.8 Å². The van der Waals surface area contributed by atoms with Gasteiger partial charge < -0.3 is 23.8 Å². The first kappa shape index (κ1) is 18.6. The molecule has 10 heteroatoms. The zero-order chi connectivity index (χ0) is 19.1. The van der Waals surface area contributed by atoms with Crippen molar-refractivity contribution in [3.05, 3.63) is 23.8 Å². The second kappa shape index (κ2) is 8.99. The molecule has 1 aliphatic rings. The van der Waals surface area contributed by atoms with Crippen molar-refractivity contribution in [2.75, 3.05) is 58.0 Å². The Kier molecular flexibility index (Phi) is 6.21. The maximum Gasteiger partial charge on any atom is 0.322 e. The third-order valence-electron chi connectivity index (χ3n) is 3.87. The molecule has 1 aromatic carbocycles. The normalized spacial score (nSPS) is 14.3. The average Bonchev–Trinajstić information content (AvgIpc) is 2.74. The van der Waals surface area contributed by atoms with E-state index in [0.29, 0.717) is 49.7 Å². The zero-order valence-corrected chi connectivity index (χ0v) is 15.5. The van der Waals surface area contributed by atoms with Crippen molar-refractivity contribution < 1.29 is 18.9 Å². The molecule has 1 saturated heterocycles. The minimum absolute atomic E-state index is 0.218. The standard InChI is InChI=1S/C17H22N6O4/c1-24-13-5-4-12(10-14(13)25-2)11-18-22-15-19-16(21-17(20-15)26-3)23-6-8-27-9-7-23/h4-5,10-11H,6-9H2,1-3H3,(H,19,20,21,22)/b18-11+. The predicted molar refractivity (Wildman–Crippen MR) is 100 cm³/mol. The highest BCUT2D eigenvalue weighted by molar-refractivity contribution is 5.81. The molecular weight excluding hydrogens is 352 g/mol. The van der Waals surface area contributed by atoms with Crippen LogP contribution in [0.3, 0.4) is 0 Å². The van der Waals surface area contributed by atoms with E-state index in [9.17, 15) is 0 Å². The lowest BCUT2D eigenvalue weighted by atomic mass is 10.2. The topological polar surface area (TPSA) is 103 Å². The van der Waals surface area contributed by atoms with E-state index in [1.165, 1.54) is 7.11 Å². The number of hydrazone groups is 1. The van der Waals surface area contributed by atoms with Crippen LogP contribution in [0.1, 0.15) is 5.56 Å². The summed E-state index contributed by atoms with van der Waals surface area (Å²) in [4.78, 5) is 14.9. The first-order valence-electron chi connectivity index (χ1n) is 8.37. The number of nitrogens with one attached hydrogen (secondary N) is 1. The van der Waals surface area contributed by atoms with Gasteiger partial charge in [0.05, 0.1) is 40.8 Å². The molecule has 1 N–H and O–H groups in total. The molecule has 1 aromatic heterocycles. The number of benzene rings is 1.